The molecule has 2 aromatic rings. The fourth-order valence-electron chi connectivity index (χ4n) is 2.84. The number of ether oxygens (including phenoxy) is 1. The summed E-state index contributed by atoms with van der Waals surface area (Å²) < 4.78 is 19.7. The molecule has 0 radical (unpaired) electrons. The SMILES string of the molecule is O=C(NCCOc1ccc(Cl)cc1)Nc1ccc(N2CCCC2)c(F)c1. The van der Waals surface area contributed by atoms with Gasteiger partial charge in [0.2, 0.25) is 0 Å². The number of hydrogen-bond donors (Lipinski definition) is 2. The lowest BCUT2D eigenvalue weighted by molar-refractivity contribution is 0.247. The molecule has 1 fully saturated rings. The van der Waals surface area contributed by atoms with Crippen LogP contribution in [0.5, 0.6) is 5.75 Å². The average Bonchev–Trinajstić information content (AvgIpc) is 3.15. The second-order valence-electron chi connectivity index (χ2n) is 6.04. The van der Waals surface area contributed by atoms with Gasteiger partial charge in [0, 0.05) is 23.8 Å². The molecular formula is C19H21ClFN3O2. The number of anilines is 2. The van der Waals surface area contributed by atoms with Crippen LogP contribution in [0.25, 0.3) is 0 Å². The van der Waals surface area contributed by atoms with Gasteiger partial charge < -0.3 is 20.3 Å². The van der Waals surface area contributed by atoms with Gasteiger partial charge in [0.05, 0.1) is 12.2 Å². The van der Waals surface area contributed by atoms with Crippen LogP contribution in [0.1, 0.15) is 12.8 Å². The molecule has 2 amide bonds. The molecule has 0 atom stereocenters. The van der Waals surface area contributed by atoms with Crippen LogP contribution in [0.2, 0.25) is 5.02 Å². The van der Waals surface area contributed by atoms with Crippen molar-refractivity contribution in [3.8, 4) is 5.75 Å². The van der Waals surface area contributed by atoms with Crippen molar-refractivity contribution in [3.05, 3.63) is 53.3 Å². The number of rotatable bonds is 6. The Hall–Kier alpha value is -2.47. The molecule has 0 spiro atoms. The third-order valence-corrected chi connectivity index (χ3v) is 4.37. The Morgan fingerprint density at radius 2 is 1.88 bits per heavy atom. The van der Waals surface area contributed by atoms with Crippen LogP contribution < -0.4 is 20.3 Å². The molecule has 3 rings (SSSR count). The minimum Gasteiger partial charge on any atom is -0.492 e. The quantitative estimate of drug-likeness (QED) is 0.739. The zero-order chi connectivity index (χ0) is 18.4. The molecule has 1 heterocycles. The molecule has 2 N–H and O–H groups in total. The maximum absolute atomic E-state index is 14.2. The zero-order valence-electron chi connectivity index (χ0n) is 14.3. The average molecular weight is 378 g/mol. The van der Waals surface area contributed by atoms with E-state index in [9.17, 15) is 9.18 Å². The first-order chi connectivity index (χ1) is 12.6. The topological polar surface area (TPSA) is 53.6 Å². The van der Waals surface area contributed by atoms with Crippen molar-refractivity contribution in [1.29, 1.82) is 0 Å². The molecular weight excluding hydrogens is 357 g/mol. The molecule has 26 heavy (non-hydrogen) atoms. The van der Waals surface area contributed by atoms with E-state index in [4.69, 9.17) is 16.3 Å². The van der Waals surface area contributed by atoms with Gasteiger partial charge in [-0.15, -0.1) is 0 Å². The van der Waals surface area contributed by atoms with Gasteiger partial charge in [-0.1, -0.05) is 11.6 Å². The lowest BCUT2D eigenvalue weighted by Gasteiger charge is -2.19. The van der Waals surface area contributed by atoms with Crippen molar-refractivity contribution in [1.82, 2.24) is 5.32 Å². The van der Waals surface area contributed by atoms with E-state index < -0.39 is 6.03 Å². The molecule has 1 aliphatic heterocycles. The predicted octanol–water partition coefficient (Wildman–Crippen LogP) is 4.28. The molecule has 0 unspecified atom stereocenters. The summed E-state index contributed by atoms with van der Waals surface area (Å²) in [7, 11) is 0. The number of amides is 2. The summed E-state index contributed by atoms with van der Waals surface area (Å²) in [5.74, 6) is 0.354. The van der Waals surface area contributed by atoms with Crippen LogP contribution in [-0.4, -0.2) is 32.3 Å². The highest BCUT2D eigenvalue weighted by Gasteiger charge is 2.16. The summed E-state index contributed by atoms with van der Waals surface area (Å²) >= 11 is 5.80. The zero-order valence-corrected chi connectivity index (χ0v) is 15.1. The van der Waals surface area contributed by atoms with Gasteiger partial charge >= 0.3 is 6.03 Å². The van der Waals surface area contributed by atoms with E-state index >= 15 is 0 Å². The van der Waals surface area contributed by atoms with Crippen LogP contribution in [0.15, 0.2) is 42.5 Å². The van der Waals surface area contributed by atoms with Crippen LogP contribution in [0, 0.1) is 5.82 Å². The highest BCUT2D eigenvalue weighted by atomic mass is 35.5. The van der Waals surface area contributed by atoms with E-state index in [2.05, 4.69) is 10.6 Å². The fraction of sp³-hybridized carbons (Fsp3) is 0.316. The van der Waals surface area contributed by atoms with Gasteiger partial charge in [-0.05, 0) is 55.3 Å². The van der Waals surface area contributed by atoms with Crippen molar-refractivity contribution in [2.75, 3.05) is 36.5 Å². The van der Waals surface area contributed by atoms with Crippen molar-refractivity contribution in [2.45, 2.75) is 12.8 Å². The third-order valence-electron chi connectivity index (χ3n) is 4.12. The summed E-state index contributed by atoms with van der Waals surface area (Å²) in [6.45, 7) is 2.38. The molecule has 0 aliphatic carbocycles. The van der Waals surface area contributed by atoms with Crippen LogP contribution in [0.4, 0.5) is 20.6 Å². The van der Waals surface area contributed by atoms with Crippen molar-refractivity contribution < 1.29 is 13.9 Å². The lowest BCUT2D eigenvalue weighted by atomic mass is 10.2. The van der Waals surface area contributed by atoms with E-state index in [0.29, 0.717) is 35.3 Å². The monoisotopic (exact) mass is 377 g/mol. The minimum absolute atomic E-state index is 0.317. The normalized spacial score (nSPS) is 13.5. The van der Waals surface area contributed by atoms with Crippen LogP contribution in [-0.2, 0) is 0 Å². The van der Waals surface area contributed by atoms with Gasteiger partial charge in [0.1, 0.15) is 18.2 Å². The number of carbonyl (C=O) groups is 1. The molecule has 1 saturated heterocycles. The number of hydrogen-bond acceptors (Lipinski definition) is 3. The van der Waals surface area contributed by atoms with E-state index in [1.54, 1.807) is 36.4 Å². The summed E-state index contributed by atoms with van der Waals surface area (Å²) in [4.78, 5) is 13.9. The largest absolute Gasteiger partial charge is 0.492 e. The lowest BCUT2D eigenvalue weighted by Crippen LogP contribution is -2.32. The van der Waals surface area contributed by atoms with Gasteiger partial charge in [-0.3, -0.25) is 0 Å². The summed E-state index contributed by atoms with van der Waals surface area (Å²) in [5.41, 5.74) is 1.01. The second-order valence-corrected chi connectivity index (χ2v) is 6.48. The molecule has 0 aromatic heterocycles. The van der Waals surface area contributed by atoms with Gasteiger partial charge in [0.25, 0.3) is 0 Å². The van der Waals surface area contributed by atoms with Crippen molar-refractivity contribution in [2.24, 2.45) is 0 Å². The Labute approximate surface area is 157 Å². The maximum Gasteiger partial charge on any atom is 0.319 e. The molecule has 0 bridgehead atoms. The Morgan fingerprint density at radius 1 is 1.15 bits per heavy atom. The molecule has 1 aliphatic rings. The Kier molecular flexibility index (Phi) is 6.17. The molecule has 7 heteroatoms. The minimum atomic E-state index is -0.405. The number of carbonyl (C=O) groups excluding carboxylic acids is 1. The number of benzene rings is 2. The first-order valence-electron chi connectivity index (χ1n) is 8.59. The van der Waals surface area contributed by atoms with E-state index in [1.165, 1.54) is 6.07 Å². The number of halogens is 2. The molecule has 138 valence electrons. The van der Waals surface area contributed by atoms with Gasteiger partial charge in [0.15, 0.2) is 0 Å². The van der Waals surface area contributed by atoms with E-state index in [0.717, 1.165) is 25.9 Å². The Morgan fingerprint density at radius 3 is 2.58 bits per heavy atom. The van der Waals surface area contributed by atoms with Crippen LogP contribution >= 0.6 is 11.6 Å². The van der Waals surface area contributed by atoms with Gasteiger partial charge in [-0.2, -0.15) is 0 Å². The second kappa shape index (κ2) is 8.76. The van der Waals surface area contributed by atoms with E-state index in [-0.39, 0.29) is 5.82 Å². The predicted molar refractivity (Wildman–Crippen MR) is 102 cm³/mol. The van der Waals surface area contributed by atoms with Crippen molar-refractivity contribution >= 4 is 29.0 Å². The Balaban J connectivity index is 1.42. The molecule has 5 nitrogen and oxygen atoms in total. The fourth-order valence-corrected chi connectivity index (χ4v) is 2.96. The number of urea groups is 1. The Bertz CT molecular complexity index is 749. The summed E-state index contributed by atoms with van der Waals surface area (Å²) in [5, 5.41) is 5.93. The highest BCUT2D eigenvalue weighted by Crippen LogP contribution is 2.26. The maximum atomic E-state index is 14.2. The van der Waals surface area contributed by atoms with E-state index in [1.807, 2.05) is 4.90 Å². The third kappa shape index (κ3) is 5.02. The smallest absolute Gasteiger partial charge is 0.319 e. The van der Waals surface area contributed by atoms with Crippen molar-refractivity contribution in [3.63, 3.8) is 0 Å². The first-order valence-corrected chi connectivity index (χ1v) is 8.97. The standard InChI is InChI=1S/C19H21ClFN3O2/c20-14-3-6-16(7-4-14)26-12-9-22-19(25)23-15-5-8-18(17(21)13-15)24-10-1-2-11-24/h3-8,13H,1-2,9-12H2,(H2,22,23,25). The van der Waals surface area contributed by atoms with Gasteiger partial charge in [-0.25, -0.2) is 9.18 Å². The molecule has 0 saturated carbocycles. The first kappa shape index (κ1) is 18.3. The summed E-state index contributed by atoms with van der Waals surface area (Å²) in [6, 6.07) is 11.3. The summed E-state index contributed by atoms with van der Waals surface area (Å²) in [6.07, 6.45) is 2.17. The highest BCUT2D eigenvalue weighted by molar-refractivity contribution is 6.30. The number of nitrogens with one attached hydrogen (secondary N) is 2. The molecule has 2 aromatic carbocycles. The van der Waals surface area contributed by atoms with Crippen LogP contribution in [0.3, 0.4) is 0 Å². The number of nitrogens with zero attached hydrogens (tertiary/aromatic N) is 1.